The van der Waals surface area contributed by atoms with Gasteiger partial charge in [0.2, 0.25) is 10.0 Å². The molecule has 1 aliphatic heterocycles. The molecule has 1 aliphatic rings. The summed E-state index contributed by atoms with van der Waals surface area (Å²) < 4.78 is 32.5. The molecular formula is C20H35IN4O3S. The lowest BCUT2D eigenvalue weighted by Crippen LogP contribution is -2.42. The molecule has 1 atom stereocenters. The van der Waals surface area contributed by atoms with Crippen LogP contribution in [0.3, 0.4) is 0 Å². The maximum absolute atomic E-state index is 12.2. The van der Waals surface area contributed by atoms with Crippen molar-refractivity contribution in [3.05, 3.63) is 35.9 Å². The molecular weight excluding hydrogens is 503 g/mol. The third-order valence-corrected chi connectivity index (χ3v) is 5.90. The lowest BCUT2D eigenvalue weighted by Gasteiger charge is -2.22. The number of aryl methyl sites for hydroxylation is 1. The van der Waals surface area contributed by atoms with Gasteiger partial charge in [-0.05, 0) is 44.6 Å². The van der Waals surface area contributed by atoms with E-state index in [0.29, 0.717) is 25.6 Å². The first kappa shape index (κ1) is 26.1. The number of halogens is 1. The summed E-state index contributed by atoms with van der Waals surface area (Å²) in [7, 11) is -3.33. The zero-order chi connectivity index (χ0) is 20.1. The minimum atomic E-state index is -3.33. The van der Waals surface area contributed by atoms with Crippen molar-refractivity contribution in [1.29, 1.82) is 0 Å². The number of sulfonamides is 1. The molecule has 0 aliphatic carbocycles. The molecule has 1 heterocycles. The zero-order valence-electron chi connectivity index (χ0n) is 17.2. The maximum atomic E-state index is 12.2. The number of guanidine groups is 1. The maximum Gasteiger partial charge on any atom is 0.213 e. The first-order valence-electron chi connectivity index (χ1n) is 10.2. The highest BCUT2D eigenvalue weighted by Crippen LogP contribution is 2.11. The standard InChI is InChI=1S/C20H34N4O3S.HI/c1-2-21-20(22-13-8-11-18-9-4-3-5-10-18)23-14-16-28(25,26)24-17-19-12-6-7-15-27-19;/h3-5,9-10,19,24H,2,6-8,11-17H2,1H3,(H2,21,22,23);1H. The van der Waals surface area contributed by atoms with Crippen LogP contribution in [0.15, 0.2) is 35.3 Å². The molecule has 1 saturated heterocycles. The van der Waals surface area contributed by atoms with Crippen LogP contribution in [0, 0.1) is 0 Å². The van der Waals surface area contributed by atoms with E-state index in [2.05, 4.69) is 32.5 Å². The van der Waals surface area contributed by atoms with Crippen molar-refractivity contribution in [2.75, 3.05) is 38.5 Å². The molecule has 1 unspecified atom stereocenters. The minimum absolute atomic E-state index is 0. The van der Waals surface area contributed by atoms with Crippen LogP contribution in [0.5, 0.6) is 0 Å². The minimum Gasteiger partial charge on any atom is -0.377 e. The van der Waals surface area contributed by atoms with E-state index < -0.39 is 10.0 Å². The lowest BCUT2D eigenvalue weighted by molar-refractivity contribution is 0.0200. The van der Waals surface area contributed by atoms with Crippen LogP contribution in [-0.4, -0.2) is 59.0 Å². The Bertz CT molecular complexity index is 680. The second kappa shape index (κ2) is 15.0. The van der Waals surface area contributed by atoms with Crippen LogP contribution in [0.4, 0.5) is 0 Å². The van der Waals surface area contributed by atoms with Gasteiger partial charge in [0.05, 0.1) is 11.9 Å². The van der Waals surface area contributed by atoms with E-state index in [9.17, 15) is 8.42 Å². The van der Waals surface area contributed by atoms with E-state index >= 15 is 0 Å². The number of nitrogens with zero attached hydrogens (tertiary/aromatic N) is 1. The molecule has 3 N–H and O–H groups in total. The number of hydrogen-bond donors (Lipinski definition) is 3. The molecule has 0 spiro atoms. The Hall–Kier alpha value is -0.910. The molecule has 7 nitrogen and oxygen atoms in total. The van der Waals surface area contributed by atoms with Crippen LogP contribution in [-0.2, 0) is 21.2 Å². The van der Waals surface area contributed by atoms with Gasteiger partial charge < -0.3 is 15.4 Å². The van der Waals surface area contributed by atoms with Crippen LogP contribution in [0.25, 0.3) is 0 Å². The molecule has 0 aromatic heterocycles. The number of ether oxygens (including phenoxy) is 1. The van der Waals surface area contributed by atoms with Crippen LogP contribution < -0.4 is 15.4 Å². The second-order valence-electron chi connectivity index (χ2n) is 6.93. The van der Waals surface area contributed by atoms with Gasteiger partial charge in [0, 0.05) is 32.8 Å². The third-order valence-electron chi connectivity index (χ3n) is 4.55. The Balaban J connectivity index is 0.00000420. The summed E-state index contributed by atoms with van der Waals surface area (Å²) in [5.74, 6) is 0.662. The molecule has 9 heteroatoms. The van der Waals surface area contributed by atoms with Gasteiger partial charge in [0.15, 0.2) is 5.96 Å². The lowest BCUT2D eigenvalue weighted by atomic mass is 10.1. The van der Waals surface area contributed by atoms with Crippen LogP contribution in [0.2, 0.25) is 0 Å². The van der Waals surface area contributed by atoms with Crippen LogP contribution in [0.1, 0.15) is 38.2 Å². The number of aliphatic imine (C=N–C) groups is 1. The molecule has 29 heavy (non-hydrogen) atoms. The van der Waals surface area contributed by atoms with Crippen molar-refractivity contribution >= 4 is 40.0 Å². The van der Waals surface area contributed by atoms with Gasteiger partial charge >= 0.3 is 0 Å². The Morgan fingerprint density at radius 2 is 2.00 bits per heavy atom. The number of rotatable bonds is 11. The molecule has 0 bridgehead atoms. The Labute approximate surface area is 192 Å². The van der Waals surface area contributed by atoms with Crippen LogP contribution >= 0.6 is 24.0 Å². The summed E-state index contributed by atoms with van der Waals surface area (Å²) in [6.07, 6.45) is 5.00. The molecule has 0 radical (unpaired) electrons. The Kier molecular flexibility index (Phi) is 13.5. The highest BCUT2D eigenvalue weighted by molar-refractivity contribution is 14.0. The van der Waals surface area contributed by atoms with Crippen molar-refractivity contribution in [1.82, 2.24) is 15.4 Å². The van der Waals surface area contributed by atoms with Crippen molar-refractivity contribution in [3.63, 3.8) is 0 Å². The summed E-state index contributed by atoms with van der Waals surface area (Å²) in [4.78, 5) is 4.53. The van der Waals surface area contributed by atoms with Crippen molar-refractivity contribution < 1.29 is 13.2 Å². The van der Waals surface area contributed by atoms with Gasteiger partial charge in [0.25, 0.3) is 0 Å². The van der Waals surface area contributed by atoms with E-state index in [1.54, 1.807) is 0 Å². The summed E-state index contributed by atoms with van der Waals surface area (Å²) >= 11 is 0. The predicted molar refractivity (Wildman–Crippen MR) is 130 cm³/mol. The first-order chi connectivity index (χ1) is 13.6. The number of hydrogen-bond acceptors (Lipinski definition) is 4. The predicted octanol–water partition coefficient (Wildman–Crippen LogP) is 2.28. The van der Waals surface area contributed by atoms with Gasteiger partial charge in [-0.15, -0.1) is 24.0 Å². The zero-order valence-corrected chi connectivity index (χ0v) is 20.4. The molecule has 2 rings (SSSR count). The van der Waals surface area contributed by atoms with Gasteiger partial charge in [-0.2, -0.15) is 0 Å². The highest BCUT2D eigenvalue weighted by atomic mass is 127. The third kappa shape index (κ3) is 11.8. The molecule has 0 amide bonds. The molecule has 0 saturated carbocycles. The molecule has 1 aromatic rings. The largest absolute Gasteiger partial charge is 0.377 e. The van der Waals surface area contributed by atoms with E-state index in [1.807, 2.05) is 25.1 Å². The summed E-state index contributed by atoms with van der Waals surface area (Å²) in [6.45, 7) is 4.80. The normalized spacial score (nSPS) is 17.4. The number of benzene rings is 1. The fourth-order valence-corrected chi connectivity index (χ4v) is 3.98. The topological polar surface area (TPSA) is 91.8 Å². The van der Waals surface area contributed by atoms with Gasteiger partial charge in [0.1, 0.15) is 0 Å². The molecule has 166 valence electrons. The quantitative estimate of drug-likeness (QED) is 0.174. The average Bonchev–Trinajstić information content (AvgIpc) is 2.71. The summed E-state index contributed by atoms with van der Waals surface area (Å²) in [6, 6.07) is 10.3. The first-order valence-corrected chi connectivity index (χ1v) is 11.9. The van der Waals surface area contributed by atoms with Crippen molar-refractivity contribution in [2.24, 2.45) is 4.99 Å². The van der Waals surface area contributed by atoms with Gasteiger partial charge in [-0.1, -0.05) is 30.3 Å². The van der Waals surface area contributed by atoms with Gasteiger partial charge in [-0.3, -0.25) is 4.99 Å². The highest BCUT2D eigenvalue weighted by Gasteiger charge is 2.17. The second-order valence-corrected chi connectivity index (χ2v) is 8.86. The van der Waals surface area contributed by atoms with Crippen molar-refractivity contribution in [3.8, 4) is 0 Å². The Morgan fingerprint density at radius 3 is 2.69 bits per heavy atom. The van der Waals surface area contributed by atoms with E-state index in [1.165, 1.54) is 5.56 Å². The average molecular weight is 538 g/mol. The number of nitrogens with one attached hydrogen (secondary N) is 3. The van der Waals surface area contributed by atoms with E-state index in [0.717, 1.165) is 45.3 Å². The van der Waals surface area contributed by atoms with Gasteiger partial charge in [-0.25, -0.2) is 13.1 Å². The monoisotopic (exact) mass is 538 g/mol. The van der Waals surface area contributed by atoms with Crippen molar-refractivity contribution in [2.45, 2.75) is 45.1 Å². The fraction of sp³-hybridized carbons (Fsp3) is 0.650. The van der Waals surface area contributed by atoms with E-state index in [4.69, 9.17) is 4.74 Å². The molecule has 1 fully saturated rings. The van der Waals surface area contributed by atoms with E-state index in [-0.39, 0.29) is 35.8 Å². The smallest absolute Gasteiger partial charge is 0.213 e. The summed E-state index contributed by atoms with van der Waals surface area (Å²) in [5.41, 5.74) is 1.30. The fourth-order valence-electron chi connectivity index (χ4n) is 3.02. The SMILES string of the molecule is CCNC(=NCCCc1ccccc1)NCCS(=O)(=O)NCC1CCCCO1.I. The summed E-state index contributed by atoms with van der Waals surface area (Å²) in [5, 5.41) is 6.26. The Morgan fingerprint density at radius 1 is 1.21 bits per heavy atom. The molecule has 1 aromatic carbocycles.